The summed E-state index contributed by atoms with van der Waals surface area (Å²) in [7, 11) is 0. The Balaban J connectivity index is 1.54. The number of carbonyl (C=O) groups is 1. The Morgan fingerprint density at radius 1 is 1.10 bits per heavy atom. The molecule has 0 aliphatic carbocycles. The fourth-order valence-corrected chi connectivity index (χ4v) is 3.57. The van der Waals surface area contributed by atoms with Gasteiger partial charge < -0.3 is 5.32 Å². The average Bonchev–Trinajstić information content (AvgIpc) is 3.05. The number of carbonyl (C=O) groups excluding carboxylic acids is 1. The fraction of sp³-hybridized carbons (Fsp3) is 0.167. The molecule has 2 aromatic carbocycles. The maximum atomic E-state index is 13.1. The van der Waals surface area contributed by atoms with E-state index in [4.69, 9.17) is 5.26 Å². The van der Waals surface area contributed by atoms with Crippen molar-refractivity contribution in [2.75, 3.05) is 6.54 Å². The van der Waals surface area contributed by atoms with Crippen LogP contribution in [-0.2, 0) is 13.1 Å². The number of hydrogen-bond donors (Lipinski definition) is 1. The largest absolute Gasteiger partial charge is 0.350 e. The molecule has 0 atom stereocenters. The summed E-state index contributed by atoms with van der Waals surface area (Å²) in [6, 6.07) is 20.2. The third kappa shape index (κ3) is 4.23. The van der Waals surface area contributed by atoms with Crippen LogP contribution in [0.4, 0.5) is 0 Å². The summed E-state index contributed by atoms with van der Waals surface area (Å²) < 4.78 is 3.30. The first-order valence-electron chi connectivity index (χ1n) is 9.95. The molecule has 4 aromatic rings. The molecule has 0 saturated heterocycles. The second kappa shape index (κ2) is 8.67. The van der Waals surface area contributed by atoms with Crippen LogP contribution in [0, 0.1) is 18.3 Å². The molecule has 0 bridgehead atoms. The van der Waals surface area contributed by atoms with Crippen LogP contribution in [0.3, 0.4) is 0 Å². The average molecular weight is 411 g/mol. The van der Waals surface area contributed by atoms with Crippen molar-refractivity contribution in [1.29, 1.82) is 5.26 Å². The van der Waals surface area contributed by atoms with Crippen molar-refractivity contribution in [2.24, 2.45) is 0 Å². The standard InChI is InChI=1S/C24H21N5O2/c1-17-4-2-5-19(14-17)16-29-21-6-3-11-26-22(21)28(24(29)31)13-12-27-23(30)20-9-7-18(15-25)8-10-20/h2-11,14H,12-13,16H2,1H3,(H,27,30). The Hall–Kier alpha value is -4.18. The van der Waals surface area contributed by atoms with Gasteiger partial charge in [-0.1, -0.05) is 29.8 Å². The highest BCUT2D eigenvalue weighted by atomic mass is 16.2. The van der Waals surface area contributed by atoms with Gasteiger partial charge in [0.2, 0.25) is 0 Å². The van der Waals surface area contributed by atoms with Crippen molar-refractivity contribution >= 4 is 17.1 Å². The van der Waals surface area contributed by atoms with Crippen LogP contribution in [0.5, 0.6) is 0 Å². The van der Waals surface area contributed by atoms with E-state index in [0.29, 0.717) is 29.9 Å². The molecule has 31 heavy (non-hydrogen) atoms. The Bertz CT molecular complexity index is 1340. The van der Waals surface area contributed by atoms with E-state index < -0.39 is 0 Å². The van der Waals surface area contributed by atoms with Crippen molar-refractivity contribution < 1.29 is 4.79 Å². The molecular weight excluding hydrogens is 390 g/mol. The topological polar surface area (TPSA) is 92.7 Å². The molecule has 1 amide bonds. The van der Waals surface area contributed by atoms with Gasteiger partial charge in [-0.3, -0.25) is 13.9 Å². The summed E-state index contributed by atoms with van der Waals surface area (Å²) in [6.07, 6.45) is 1.66. The van der Waals surface area contributed by atoms with E-state index in [1.54, 1.807) is 39.6 Å². The number of amides is 1. The van der Waals surface area contributed by atoms with Gasteiger partial charge in [0.25, 0.3) is 5.91 Å². The molecule has 2 heterocycles. The van der Waals surface area contributed by atoms with Gasteiger partial charge in [-0.25, -0.2) is 9.78 Å². The zero-order chi connectivity index (χ0) is 21.8. The molecule has 4 rings (SSSR count). The van der Waals surface area contributed by atoms with Crippen LogP contribution in [0.2, 0.25) is 0 Å². The molecule has 7 nitrogen and oxygen atoms in total. The van der Waals surface area contributed by atoms with E-state index in [1.165, 1.54) is 0 Å². The lowest BCUT2D eigenvalue weighted by Gasteiger charge is -2.06. The lowest BCUT2D eigenvalue weighted by molar-refractivity contribution is 0.0952. The number of fused-ring (bicyclic) bond motifs is 1. The minimum absolute atomic E-state index is 0.164. The van der Waals surface area contributed by atoms with Crippen molar-refractivity contribution in [2.45, 2.75) is 20.0 Å². The Morgan fingerprint density at radius 2 is 1.90 bits per heavy atom. The van der Waals surface area contributed by atoms with E-state index in [-0.39, 0.29) is 18.1 Å². The zero-order valence-electron chi connectivity index (χ0n) is 17.1. The number of rotatable bonds is 6. The first-order chi connectivity index (χ1) is 15.1. The van der Waals surface area contributed by atoms with Gasteiger partial charge in [0.1, 0.15) is 0 Å². The maximum absolute atomic E-state index is 13.1. The number of imidazole rings is 1. The van der Waals surface area contributed by atoms with Crippen LogP contribution in [-0.4, -0.2) is 26.6 Å². The van der Waals surface area contributed by atoms with Crippen molar-refractivity contribution in [1.82, 2.24) is 19.4 Å². The fourth-order valence-electron chi connectivity index (χ4n) is 3.57. The number of pyridine rings is 1. The predicted octanol–water partition coefficient (Wildman–Crippen LogP) is 2.86. The van der Waals surface area contributed by atoms with Crippen LogP contribution >= 0.6 is 0 Å². The summed E-state index contributed by atoms with van der Waals surface area (Å²) >= 11 is 0. The number of nitrogens with one attached hydrogen (secondary N) is 1. The van der Waals surface area contributed by atoms with E-state index in [2.05, 4.69) is 16.4 Å². The predicted molar refractivity (Wildman–Crippen MR) is 118 cm³/mol. The van der Waals surface area contributed by atoms with E-state index in [0.717, 1.165) is 16.6 Å². The summed E-state index contributed by atoms with van der Waals surface area (Å²) in [4.78, 5) is 29.9. The van der Waals surface area contributed by atoms with E-state index >= 15 is 0 Å². The number of aromatic nitrogens is 3. The normalized spacial score (nSPS) is 10.7. The third-order valence-corrected chi connectivity index (χ3v) is 5.09. The first-order valence-corrected chi connectivity index (χ1v) is 9.95. The van der Waals surface area contributed by atoms with Crippen LogP contribution < -0.4 is 11.0 Å². The van der Waals surface area contributed by atoms with Gasteiger partial charge in [0.05, 0.1) is 23.7 Å². The molecule has 0 spiro atoms. The number of nitrogens with zero attached hydrogens (tertiary/aromatic N) is 4. The third-order valence-electron chi connectivity index (χ3n) is 5.09. The Morgan fingerprint density at radius 3 is 2.65 bits per heavy atom. The summed E-state index contributed by atoms with van der Waals surface area (Å²) in [5, 5.41) is 11.7. The van der Waals surface area contributed by atoms with E-state index in [9.17, 15) is 9.59 Å². The van der Waals surface area contributed by atoms with Gasteiger partial charge >= 0.3 is 5.69 Å². The maximum Gasteiger partial charge on any atom is 0.330 e. The molecular formula is C24H21N5O2. The highest BCUT2D eigenvalue weighted by Gasteiger charge is 2.15. The minimum atomic E-state index is -0.256. The molecule has 0 radical (unpaired) electrons. The highest BCUT2D eigenvalue weighted by molar-refractivity contribution is 5.94. The molecule has 7 heteroatoms. The number of nitriles is 1. The second-order valence-corrected chi connectivity index (χ2v) is 7.30. The summed E-state index contributed by atoms with van der Waals surface area (Å²) in [5.74, 6) is -0.256. The molecule has 0 aliphatic rings. The first kappa shape index (κ1) is 20.1. The minimum Gasteiger partial charge on any atom is -0.350 e. The quantitative estimate of drug-likeness (QED) is 0.528. The molecule has 0 fully saturated rings. The van der Waals surface area contributed by atoms with Crippen molar-refractivity contribution in [3.05, 3.63) is 99.6 Å². The number of hydrogen-bond acceptors (Lipinski definition) is 4. The zero-order valence-corrected chi connectivity index (χ0v) is 17.1. The van der Waals surface area contributed by atoms with Gasteiger partial charge in [-0.15, -0.1) is 0 Å². The van der Waals surface area contributed by atoms with Gasteiger partial charge in [0.15, 0.2) is 5.65 Å². The SMILES string of the molecule is Cc1cccc(Cn2c(=O)n(CCNC(=O)c3ccc(C#N)cc3)c3ncccc32)c1. The molecule has 0 saturated carbocycles. The van der Waals surface area contributed by atoms with Gasteiger partial charge in [-0.05, 0) is 48.9 Å². The Labute approximate surface area is 179 Å². The van der Waals surface area contributed by atoms with Crippen molar-refractivity contribution in [3.8, 4) is 6.07 Å². The smallest absolute Gasteiger partial charge is 0.330 e. The van der Waals surface area contributed by atoms with Crippen LogP contribution in [0.15, 0.2) is 71.7 Å². The van der Waals surface area contributed by atoms with E-state index in [1.807, 2.05) is 43.3 Å². The van der Waals surface area contributed by atoms with Gasteiger partial charge in [0, 0.05) is 24.8 Å². The van der Waals surface area contributed by atoms with Crippen LogP contribution in [0.1, 0.15) is 27.0 Å². The Kier molecular flexibility index (Phi) is 5.63. The molecule has 0 aliphatic heterocycles. The highest BCUT2D eigenvalue weighted by Crippen LogP contribution is 2.13. The number of aryl methyl sites for hydroxylation is 1. The molecule has 2 aromatic heterocycles. The summed E-state index contributed by atoms with van der Waals surface area (Å²) in [6.45, 7) is 3.05. The molecule has 154 valence electrons. The van der Waals surface area contributed by atoms with Gasteiger partial charge in [-0.2, -0.15) is 5.26 Å². The monoisotopic (exact) mass is 411 g/mol. The molecule has 0 unspecified atom stereocenters. The second-order valence-electron chi connectivity index (χ2n) is 7.30. The molecule has 1 N–H and O–H groups in total. The number of benzene rings is 2. The lowest BCUT2D eigenvalue weighted by atomic mass is 10.1. The van der Waals surface area contributed by atoms with Crippen molar-refractivity contribution in [3.63, 3.8) is 0 Å². The lowest BCUT2D eigenvalue weighted by Crippen LogP contribution is -2.32. The van der Waals surface area contributed by atoms with Crippen LogP contribution in [0.25, 0.3) is 11.2 Å². The summed E-state index contributed by atoms with van der Waals surface area (Å²) in [5.41, 5.74) is 4.32.